The van der Waals surface area contributed by atoms with Gasteiger partial charge in [-0.15, -0.1) is 0 Å². The van der Waals surface area contributed by atoms with Gasteiger partial charge in [-0.3, -0.25) is 9.59 Å². The first-order valence-corrected chi connectivity index (χ1v) is 11.5. The summed E-state index contributed by atoms with van der Waals surface area (Å²) in [7, 11) is 0. The highest BCUT2D eigenvalue weighted by Crippen LogP contribution is 2.43. The number of nitrogens with zero attached hydrogens (tertiary/aromatic N) is 1. The summed E-state index contributed by atoms with van der Waals surface area (Å²) >= 11 is 1.50. The summed E-state index contributed by atoms with van der Waals surface area (Å²) in [5.74, 6) is 1.02. The highest BCUT2D eigenvalue weighted by molar-refractivity contribution is 7.98. The van der Waals surface area contributed by atoms with Gasteiger partial charge in [0, 0.05) is 29.4 Å². The van der Waals surface area contributed by atoms with Crippen LogP contribution in [-0.2, 0) is 10.5 Å². The number of hydrogen-bond donors (Lipinski definition) is 2. The Kier molecular flexibility index (Phi) is 5.24. The Balaban J connectivity index is 1.57. The number of aromatic nitrogens is 2. The van der Waals surface area contributed by atoms with E-state index < -0.39 is 0 Å². The topological polar surface area (TPSA) is 74.8 Å². The number of carbonyl (C=O) groups is 1. The molecule has 6 heteroatoms. The second-order valence-corrected chi connectivity index (χ2v) is 9.01. The molecule has 2 aromatic carbocycles. The van der Waals surface area contributed by atoms with E-state index in [9.17, 15) is 9.59 Å². The number of carbonyl (C=O) groups excluding carboxylic acids is 1. The summed E-state index contributed by atoms with van der Waals surface area (Å²) in [4.78, 5) is 33.8. The number of fused-ring (bicyclic) bond motifs is 1. The van der Waals surface area contributed by atoms with Gasteiger partial charge < -0.3 is 10.3 Å². The predicted molar refractivity (Wildman–Crippen MR) is 123 cm³/mol. The molecule has 0 saturated heterocycles. The molecule has 156 valence electrons. The second-order valence-electron chi connectivity index (χ2n) is 8.05. The normalized spacial score (nSPS) is 17.7. The lowest BCUT2D eigenvalue weighted by molar-refractivity contribution is -0.116. The molecule has 31 heavy (non-hydrogen) atoms. The molecular weight excluding hydrogens is 406 g/mol. The van der Waals surface area contributed by atoms with Crippen molar-refractivity contribution in [2.45, 2.75) is 43.0 Å². The average molecular weight is 430 g/mol. The highest BCUT2D eigenvalue weighted by Gasteiger charge is 2.37. The Morgan fingerprint density at radius 3 is 2.58 bits per heavy atom. The molecule has 0 fully saturated rings. The lowest BCUT2D eigenvalue weighted by atomic mass is 9.76. The first-order valence-electron chi connectivity index (χ1n) is 10.5. The van der Waals surface area contributed by atoms with E-state index in [4.69, 9.17) is 4.98 Å². The molecule has 0 amide bonds. The quantitative estimate of drug-likeness (QED) is 0.454. The number of Topliss-reactive ketones (excluding diaryl/α,β-unsaturated/α-hetero) is 1. The lowest BCUT2D eigenvalue weighted by Gasteiger charge is -2.32. The molecule has 0 bridgehead atoms. The molecule has 0 saturated carbocycles. The van der Waals surface area contributed by atoms with E-state index in [1.54, 1.807) is 0 Å². The van der Waals surface area contributed by atoms with E-state index in [0.717, 1.165) is 41.0 Å². The third-order valence-corrected chi connectivity index (χ3v) is 6.81. The van der Waals surface area contributed by atoms with Crippen LogP contribution in [0.5, 0.6) is 0 Å². The first-order chi connectivity index (χ1) is 15.1. The van der Waals surface area contributed by atoms with Crippen molar-refractivity contribution in [1.29, 1.82) is 0 Å². The number of thioether (sulfide) groups is 1. The number of aromatic amines is 1. The number of benzene rings is 2. The number of anilines is 1. The number of ketones is 1. The SMILES string of the molecule is Cc1ccc([C@@H]2C3=C(CCCC3=O)Nc3nc(SCc4ccccc4)[nH]c(=O)c32)cc1. The Hall–Kier alpha value is -3.12. The fraction of sp³-hybridized carbons (Fsp3) is 0.240. The summed E-state index contributed by atoms with van der Waals surface area (Å²) in [6.45, 7) is 2.03. The summed E-state index contributed by atoms with van der Waals surface area (Å²) in [5.41, 5.74) is 5.23. The number of nitrogens with one attached hydrogen (secondary N) is 2. The molecule has 0 unspecified atom stereocenters. The molecule has 5 nitrogen and oxygen atoms in total. The Bertz CT molecular complexity index is 1230. The third-order valence-electron chi connectivity index (χ3n) is 5.87. The smallest absolute Gasteiger partial charge is 0.257 e. The van der Waals surface area contributed by atoms with Crippen LogP contribution in [0.25, 0.3) is 0 Å². The van der Waals surface area contributed by atoms with Gasteiger partial charge in [-0.25, -0.2) is 4.98 Å². The van der Waals surface area contributed by atoms with Crippen LogP contribution in [-0.4, -0.2) is 15.8 Å². The van der Waals surface area contributed by atoms with Crippen molar-refractivity contribution in [3.05, 3.63) is 98.5 Å². The maximum atomic E-state index is 13.2. The molecule has 5 rings (SSSR count). The standard InChI is InChI=1S/C25H23N3O2S/c1-15-10-12-17(13-11-15)20-21-18(8-5-9-19(21)29)26-23-22(20)24(30)28-25(27-23)31-14-16-6-3-2-4-7-16/h2-4,6-7,10-13,20H,5,8-9,14H2,1H3,(H2,26,27,28,30)/t20-/m1/s1. The minimum atomic E-state index is -0.385. The zero-order valence-electron chi connectivity index (χ0n) is 17.3. The molecule has 1 aliphatic heterocycles. The lowest BCUT2D eigenvalue weighted by Crippen LogP contribution is -2.32. The number of H-pyrrole nitrogens is 1. The Morgan fingerprint density at radius 1 is 1.03 bits per heavy atom. The van der Waals surface area contributed by atoms with Crippen molar-refractivity contribution in [2.75, 3.05) is 5.32 Å². The van der Waals surface area contributed by atoms with Crippen molar-refractivity contribution in [2.24, 2.45) is 0 Å². The zero-order valence-corrected chi connectivity index (χ0v) is 18.1. The average Bonchev–Trinajstić information content (AvgIpc) is 2.78. The van der Waals surface area contributed by atoms with Crippen molar-refractivity contribution < 1.29 is 4.79 Å². The Labute approximate surface area is 185 Å². The van der Waals surface area contributed by atoms with Gasteiger partial charge in [0.2, 0.25) is 0 Å². The fourth-order valence-electron chi connectivity index (χ4n) is 4.33. The van der Waals surface area contributed by atoms with Gasteiger partial charge in [-0.05, 0) is 30.9 Å². The van der Waals surface area contributed by atoms with Crippen molar-refractivity contribution in [1.82, 2.24) is 9.97 Å². The van der Waals surface area contributed by atoms with Gasteiger partial charge >= 0.3 is 0 Å². The van der Waals surface area contributed by atoms with E-state index in [0.29, 0.717) is 23.0 Å². The molecule has 0 radical (unpaired) electrons. The van der Waals surface area contributed by atoms with E-state index in [-0.39, 0.29) is 17.3 Å². The van der Waals surface area contributed by atoms with Gasteiger partial charge in [-0.1, -0.05) is 71.9 Å². The molecule has 1 aromatic heterocycles. The van der Waals surface area contributed by atoms with Crippen LogP contribution in [0.15, 0.2) is 75.8 Å². The predicted octanol–water partition coefficient (Wildman–Crippen LogP) is 4.94. The first kappa shape index (κ1) is 19.8. The van der Waals surface area contributed by atoms with Gasteiger partial charge in [0.15, 0.2) is 10.9 Å². The van der Waals surface area contributed by atoms with Crippen LogP contribution >= 0.6 is 11.8 Å². The van der Waals surface area contributed by atoms with Crippen molar-refractivity contribution in [3.8, 4) is 0 Å². The van der Waals surface area contributed by atoms with E-state index in [1.807, 2.05) is 49.4 Å². The summed E-state index contributed by atoms with van der Waals surface area (Å²) < 4.78 is 0. The van der Waals surface area contributed by atoms with Crippen LogP contribution in [0.3, 0.4) is 0 Å². The molecule has 1 atom stereocenters. The second kappa shape index (κ2) is 8.19. The van der Waals surface area contributed by atoms with Crippen LogP contribution < -0.4 is 10.9 Å². The number of aryl methyl sites for hydroxylation is 1. The minimum Gasteiger partial charge on any atom is -0.343 e. The van der Waals surface area contributed by atoms with Crippen molar-refractivity contribution >= 4 is 23.4 Å². The molecular formula is C25H23N3O2S. The fourth-order valence-corrected chi connectivity index (χ4v) is 5.14. The highest BCUT2D eigenvalue weighted by atomic mass is 32.2. The molecule has 2 N–H and O–H groups in total. The van der Waals surface area contributed by atoms with Crippen LogP contribution in [0.4, 0.5) is 5.82 Å². The number of hydrogen-bond acceptors (Lipinski definition) is 5. The van der Waals surface area contributed by atoms with E-state index in [2.05, 4.69) is 22.4 Å². The Morgan fingerprint density at radius 2 is 1.81 bits per heavy atom. The maximum absolute atomic E-state index is 13.2. The molecule has 0 spiro atoms. The zero-order chi connectivity index (χ0) is 21.4. The van der Waals surface area contributed by atoms with E-state index >= 15 is 0 Å². The summed E-state index contributed by atoms with van der Waals surface area (Å²) in [5, 5.41) is 3.91. The van der Waals surface area contributed by atoms with Gasteiger partial charge in [0.1, 0.15) is 5.82 Å². The van der Waals surface area contributed by atoms with Crippen molar-refractivity contribution in [3.63, 3.8) is 0 Å². The summed E-state index contributed by atoms with van der Waals surface area (Å²) in [6, 6.07) is 18.2. The van der Waals surface area contributed by atoms with Gasteiger partial charge in [0.25, 0.3) is 5.56 Å². The maximum Gasteiger partial charge on any atom is 0.257 e. The monoisotopic (exact) mass is 429 g/mol. The van der Waals surface area contributed by atoms with Gasteiger partial charge in [0.05, 0.1) is 5.56 Å². The van der Waals surface area contributed by atoms with Crippen LogP contribution in [0.2, 0.25) is 0 Å². The number of allylic oxidation sites excluding steroid dienone is 2. The number of rotatable bonds is 4. The summed E-state index contributed by atoms with van der Waals surface area (Å²) in [6.07, 6.45) is 2.14. The molecule has 2 aliphatic rings. The van der Waals surface area contributed by atoms with Gasteiger partial charge in [-0.2, -0.15) is 0 Å². The molecule has 3 aromatic rings. The van der Waals surface area contributed by atoms with Crippen LogP contribution in [0, 0.1) is 6.92 Å². The third kappa shape index (κ3) is 3.83. The molecule has 1 aliphatic carbocycles. The van der Waals surface area contributed by atoms with Crippen LogP contribution in [0.1, 0.15) is 47.4 Å². The van der Waals surface area contributed by atoms with E-state index in [1.165, 1.54) is 17.3 Å². The largest absolute Gasteiger partial charge is 0.343 e. The molecule has 2 heterocycles. The minimum absolute atomic E-state index is 0.118.